The van der Waals surface area contributed by atoms with E-state index in [0.29, 0.717) is 62.2 Å². The summed E-state index contributed by atoms with van der Waals surface area (Å²) < 4.78 is 34.9. The van der Waals surface area contributed by atoms with Crippen molar-refractivity contribution in [3.8, 4) is 22.6 Å². The highest BCUT2D eigenvalue weighted by molar-refractivity contribution is 5.95. The molecule has 9 rings (SSSR count). The zero-order valence-electron chi connectivity index (χ0n) is 22.1. The number of anilines is 1. The van der Waals surface area contributed by atoms with Crippen molar-refractivity contribution in [3.63, 3.8) is 0 Å². The molecule has 3 saturated carbocycles. The van der Waals surface area contributed by atoms with E-state index in [1.54, 1.807) is 24.4 Å². The Morgan fingerprint density at radius 2 is 1.71 bits per heavy atom. The summed E-state index contributed by atoms with van der Waals surface area (Å²) in [5.41, 5.74) is 2.95. The molecule has 2 bridgehead atoms. The summed E-state index contributed by atoms with van der Waals surface area (Å²) in [4.78, 5) is 25.7. The third kappa shape index (κ3) is 4.08. The van der Waals surface area contributed by atoms with E-state index < -0.39 is 11.6 Å². The molecule has 8 heteroatoms. The molecule has 3 aliphatic rings. The third-order valence-corrected chi connectivity index (χ3v) is 8.93. The first-order chi connectivity index (χ1) is 20.0. The highest BCUT2D eigenvalue weighted by Crippen LogP contribution is 2.42. The minimum Gasteiger partial charge on any atom is -0.456 e. The molecule has 1 unspecified atom stereocenters. The van der Waals surface area contributed by atoms with Crippen LogP contribution >= 0.6 is 0 Å². The summed E-state index contributed by atoms with van der Waals surface area (Å²) in [6.45, 7) is 0. The van der Waals surface area contributed by atoms with Gasteiger partial charge in [0.1, 0.15) is 28.6 Å². The lowest BCUT2D eigenvalue weighted by molar-refractivity contribution is 0.157. The lowest BCUT2D eigenvalue weighted by Crippen LogP contribution is -2.40. The Bertz CT molecular complexity index is 2040. The Hall–Kier alpha value is -4.59. The van der Waals surface area contributed by atoms with Gasteiger partial charge in [-0.15, -0.1) is 0 Å². The Morgan fingerprint density at radius 3 is 2.54 bits per heavy atom. The average Bonchev–Trinajstić information content (AvgIpc) is 3.42. The van der Waals surface area contributed by atoms with Crippen LogP contribution in [0.4, 0.5) is 14.6 Å². The first-order valence-corrected chi connectivity index (χ1v) is 14.1. The van der Waals surface area contributed by atoms with Crippen molar-refractivity contribution in [1.29, 1.82) is 0 Å². The molecule has 0 saturated heterocycles. The van der Waals surface area contributed by atoms with Crippen LogP contribution < -0.4 is 10.7 Å². The minimum atomic E-state index is -0.671. The van der Waals surface area contributed by atoms with Gasteiger partial charge in [0.25, 0.3) is 0 Å². The highest BCUT2D eigenvalue weighted by Gasteiger charge is 2.35. The lowest BCUT2D eigenvalue weighted by atomic mass is 9.68. The van der Waals surface area contributed by atoms with E-state index in [1.165, 1.54) is 31.7 Å². The van der Waals surface area contributed by atoms with Gasteiger partial charge in [-0.05, 0) is 61.4 Å². The van der Waals surface area contributed by atoms with Crippen molar-refractivity contribution in [2.75, 3.05) is 5.32 Å². The zero-order chi connectivity index (χ0) is 27.7. The third-order valence-electron chi connectivity index (χ3n) is 8.93. The summed E-state index contributed by atoms with van der Waals surface area (Å²) in [5, 5.41) is 5.08. The summed E-state index contributed by atoms with van der Waals surface area (Å²) in [6.07, 6.45) is 7.72. The van der Waals surface area contributed by atoms with Crippen molar-refractivity contribution >= 4 is 38.7 Å². The van der Waals surface area contributed by atoms with Crippen LogP contribution in [0.15, 0.2) is 76.1 Å². The second-order valence-electron chi connectivity index (χ2n) is 11.4. The normalized spacial score (nSPS) is 20.3. The fraction of sp³-hybridized carbons (Fsp3) is 0.242. The van der Waals surface area contributed by atoms with Gasteiger partial charge in [-0.1, -0.05) is 31.0 Å². The van der Waals surface area contributed by atoms with Crippen LogP contribution in [-0.4, -0.2) is 21.0 Å². The minimum absolute atomic E-state index is 0.0886. The van der Waals surface area contributed by atoms with Crippen LogP contribution in [-0.2, 0) is 0 Å². The standard InChI is InChI=1S/C33H26F2N4O2/c34-20-13-23-24(16-36-31(23)25(35)14-20)33-38-27(15-30(39-33)37-26-11-17-5-7-18(26)8-6-17)19-9-10-22-29(12-19)41-28-4-2-1-3-21(28)32(22)40/h1-4,9-10,12-18,26,36H,5-8,11H2,(H,37,38,39). The van der Waals surface area contributed by atoms with E-state index in [0.717, 1.165) is 24.0 Å². The first-order valence-electron chi connectivity index (χ1n) is 14.1. The maximum Gasteiger partial charge on any atom is 0.200 e. The number of nitrogens with one attached hydrogen (secondary N) is 2. The van der Waals surface area contributed by atoms with Gasteiger partial charge in [0, 0.05) is 40.9 Å². The molecule has 3 aromatic carbocycles. The highest BCUT2D eigenvalue weighted by atomic mass is 19.1. The average molecular weight is 549 g/mol. The Balaban J connectivity index is 1.29. The molecular formula is C33H26F2N4O2. The molecule has 0 radical (unpaired) electrons. The van der Waals surface area contributed by atoms with Crippen molar-refractivity contribution in [3.05, 3.63) is 88.7 Å². The van der Waals surface area contributed by atoms with Gasteiger partial charge in [-0.3, -0.25) is 4.79 Å². The second-order valence-corrected chi connectivity index (χ2v) is 11.4. The van der Waals surface area contributed by atoms with Crippen molar-refractivity contribution < 1.29 is 13.2 Å². The molecule has 0 spiro atoms. The molecule has 3 aromatic heterocycles. The fourth-order valence-corrected chi connectivity index (χ4v) is 6.83. The number of aromatic amines is 1. The molecule has 3 aliphatic carbocycles. The molecule has 41 heavy (non-hydrogen) atoms. The van der Waals surface area contributed by atoms with E-state index >= 15 is 0 Å². The Labute approximate surface area is 233 Å². The summed E-state index contributed by atoms with van der Waals surface area (Å²) in [7, 11) is 0. The maximum atomic E-state index is 14.5. The number of aromatic nitrogens is 3. The Kier molecular flexibility index (Phi) is 5.45. The number of H-pyrrole nitrogens is 1. The topological polar surface area (TPSA) is 83.8 Å². The number of nitrogens with zero attached hydrogens (tertiary/aromatic N) is 2. The van der Waals surface area contributed by atoms with E-state index in [-0.39, 0.29) is 10.9 Å². The summed E-state index contributed by atoms with van der Waals surface area (Å²) in [6, 6.07) is 17.0. The van der Waals surface area contributed by atoms with Crippen LogP contribution in [0.5, 0.6) is 0 Å². The Morgan fingerprint density at radius 1 is 0.878 bits per heavy atom. The molecule has 3 fully saturated rings. The van der Waals surface area contributed by atoms with Gasteiger partial charge in [0.15, 0.2) is 5.82 Å². The molecule has 6 nitrogen and oxygen atoms in total. The van der Waals surface area contributed by atoms with Gasteiger partial charge in [-0.25, -0.2) is 18.7 Å². The van der Waals surface area contributed by atoms with Crippen LogP contribution in [0.2, 0.25) is 0 Å². The SMILES string of the molecule is O=c1c2ccccc2oc2cc(-c3cc(NC4CC5CCC4CC5)nc(-c4c[nH]c5c(F)cc(F)cc45)n3)ccc12. The first kappa shape index (κ1) is 24.2. The van der Waals surface area contributed by atoms with E-state index in [4.69, 9.17) is 14.4 Å². The number of rotatable bonds is 4. The molecule has 1 atom stereocenters. The predicted molar refractivity (Wildman–Crippen MR) is 156 cm³/mol. The molecule has 0 aliphatic heterocycles. The van der Waals surface area contributed by atoms with Crippen molar-refractivity contribution in [1.82, 2.24) is 15.0 Å². The monoisotopic (exact) mass is 548 g/mol. The number of benzene rings is 3. The van der Waals surface area contributed by atoms with Crippen LogP contribution in [0.25, 0.3) is 55.5 Å². The molecular weight excluding hydrogens is 522 g/mol. The maximum absolute atomic E-state index is 14.5. The van der Waals surface area contributed by atoms with Crippen LogP contribution in [0.1, 0.15) is 32.1 Å². The van der Waals surface area contributed by atoms with Crippen molar-refractivity contribution in [2.45, 2.75) is 38.1 Å². The van der Waals surface area contributed by atoms with Crippen LogP contribution in [0.3, 0.4) is 0 Å². The van der Waals surface area contributed by atoms with Gasteiger partial charge in [-0.2, -0.15) is 0 Å². The number of halogens is 2. The fourth-order valence-electron chi connectivity index (χ4n) is 6.83. The van der Waals surface area contributed by atoms with E-state index in [1.807, 2.05) is 30.3 Å². The van der Waals surface area contributed by atoms with Gasteiger partial charge in [0.05, 0.1) is 22.0 Å². The quantitative estimate of drug-likeness (QED) is 0.220. The van der Waals surface area contributed by atoms with E-state index in [9.17, 15) is 13.6 Å². The second kappa shape index (κ2) is 9.23. The molecule has 3 heterocycles. The molecule has 6 aromatic rings. The lowest BCUT2D eigenvalue weighted by Gasteiger charge is -2.42. The number of fused-ring (bicyclic) bond motifs is 6. The largest absolute Gasteiger partial charge is 0.456 e. The predicted octanol–water partition coefficient (Wildman–Crippen LogP) is 7.82. The van der Waals surface area contributed by atoms with Gasteiger partial charge in [0.2, 0.25) is 5.43 Å². The summed E-state index contributed by atoms with van der Waals surface area (Å²) in [5.74, 6) is 1.00. The zero-order valence-corrected chi connectivity index (χ0v) is 22.1. The van der Waals surface area contributed by atoms with Gasteiger partial charge >= 0.3 is 0 Å². The van der Waals surface area contributed by atoms with E-state index in [2.05, 4.69) is 10.3 Å². The van der Waals surface area contributed by atoms with Gasteiger partial charge < -0.3 is 14.7 Å². The number of hydrogen-bond acceptors (Lipinski definition) is 5. The molecule has 204 valence electrons. The van der Waals surface area contributed by atoms with Crippen molar-refractivity contribution in [2.24, 2.45) is 11.8 Å². The summed E-state index contributed by atoms with van der Waals surface area (Å²) >= 11 is 0. The molecule has 2 N–H and O–H groups in total. The molecule has 0 amide bonds. The number of para-hydroxylation sites is 1. The van der Waals surface area contributed by atoms with Crippen LogP contribution in [0, 0.1) is 23.5 Å². The smallest absolute Gasteiger partial charge is 0.200 e. The number of hydrogen-bond donors (Lipinski definition) is 2.